The van der Waals surface area contributed by atoms with Gasteiger partial charge in [-0.1, -0.05) is 0 Å². The Balaban J connectivity index is 3.52. The van der Waals surface area contributed by atoms with Crippen molar-refractivity contribution in [1.82, 2.24) is 16.0 Å². The van der Waals surface area contributed by atoms with Crippen LogP contribution in [-0.4, -0.2) is 30.4 Å². The van der Waals surface area contributed by atoms with E-state index in [1.165, 1.54) is 14.1 Å². The number of hydrogen-bond acceptors (Lipinski definition) is 3. The maximum atomic E-state index is 9.96. The smallest absolute Gasteiger partial charge is 0.436 e. The summed E-state index contributed by atoms with van der Waals surface area (Å²) in [5.41, 5.74) is 4.75. The molecule has 5 heteroatoms. The van der Waals surface area contributed by atoms with Crippen molar-refractivity contribution in [2.45, 2.75) is 0 Å². The summed E-state index contributed by atoms with van der Waals surface area (Å²) in [5, 5.41) is 9.01. The summed E-state index contributed by atoms with van der Waals surface area (Å²) in [6.07, 6.45) is -1.06. The van der Waals surface area contributed by atoms with Crippen LogP contribution in [0.15, 0.2) is 0 Å². The van der Waals surface area contributed by atoms with E-state index in [1.807, 2.05) is 0 Å². The van der Waals surface area contributed by atoms with Crippen LogP contribution in [-0.2, 0) is 0 Å². The zero-order valence-electron chi connectivity index (χ0n) is 4.80. The van der Waals surface area contributed by atoms with Gasteiger partial charge in [-0.3, -0.25) is 0 Å². The lowest BCUT2D eigenvalue weighted by atomic mass is 11.1. The average Bonchev–Trinajstić information content (AvgIpc) is 1.69. The van der Waals surface area contributed by atoms with Gasteiger partial charge in [0.05, 0.1) is 0 Å². The Labute approximate surface area is 47.2 Å². The van der Waals surface area contributed by atoms with E-state index >= 15 is 0 Å². The third kappa shape index (κ3) is 1.76. The van der Waals surface area contributed by atoms with E-state index in [9.17, 15) is 4.79 Å². The number of carbonyl (C=O) groups is 1. The normalized spacial score (nSPS) is 8.75. The molecule has 48 valence electrons. The van der Waals surface area contributed by atoms with Gasteiger partial charge in [0.1, 0.15) is 0 Å². The molecule has 0 saturated carbocycles. The molecule has 0 aliphatic carbocycles. The molecule has 0 bridgehead atoms. The Morgan fingerprint density at radius 1 is 1.50 bits per heavy atom. The van der Waals surface area contributed by atoms with Crippen molar-refractivity contribution < 1.29 is 9.90 Å². The Bertz CT molecular complexity index is 80.6. The molecule has 0 radical (unpaired) electrons. The average molecular weight is 119 g/mol. The number of amides is 1. The maximum Gasteiger partial charge on any atom is 0.436 e. The highest BCUT2D eigenvalue weighted by atomic mass is 16.4. The molecule has 0 aliphatic rings. The lowest BCUT2D eigenvalue weighted by molar-refractivity contribution is 0.102. The fraction of sp³-hybridized carbons (Fsp3) is 0.667. The molecule has 0 aliphatic heterocycles. The van der Waals surface area contributed by atoms with Crippen LogP contribution in [0.25, 0.3) is 0 Å². The molecule has 0 aromatic carbocycles. The van der Waals surface area contributed by atoms with Gasteiger partial charge in [0.25, 0.3) is 0 Å². The predicted molar refractivity (Wildman–Crippen MR) is 28.0 cm³/mol. The van der Waals surface area contributed by atoms with Crippen molar-refractivity contribution in [1.29, 1.82) is 0 Å². The first-order valence-corrected chi connectivity index (χ1v) is 2.10. The lowest BCUT2D eigenvalue weighted by Crippen LogP contribution is -2.47. The lowest BCUT2D eigenvalue weighted by Gasteiger charge is -2.13. The van der Waals surface area contributed by atoms with E-state index in [-0.39, 0.29) is 0 Å². The van der Waals surface area contributed by atoms with Crippen LogP contribution >= 0.6 is 0 Å². The molecule has 1 amide bonds. The molecule has 0 rings (SSSR count). The topological polar surface area (TPSA) is 64.6 Å². The second-order valence-electron chi connectivity index (χ2n) is 1.07. The van der Waals surface area contributed by atoms with Gasteiger partial charge in [-0.15, -0.1) is 0 Å². The first kappa shape index (κ1) is 7.19. The third-order valence-electron chi connectivity index (χ3n) is 0.639. The second kappa shape index (κ2) is 3.23. The van der Waals surface area contributed by atoms with Crippen LogP contribution < -0.4 is 10.9 Å². The predicted octanol–water partition coefficient (Wildman–Crippen LogP) is -0.765. The van der Waals surface area contributed by atoms with E-state index in [1.54, 1.807) is 0 Å². The van der Waals surface area contributed by atoms with Crippen molar-refractivity contribution in [2.24, 2.45) is 0 Å². The van der Waals surface area contributed by atoms with Crippen molar-refractivity contribution in [3.8, 4) is 0 Å². The molecule has 8 heavy (non-hydrogen) atoms. The summed E-state index contributed by atoms with van der Waals surface area (Å²) in [4.78, 5) is 9.96. The Hall–Kier alpha value is -0.810. The number of nitrogens with one attached hydrogen (secondary N) is 2. The van der Waals surface area contributed by atoms with Crippen molar-refractivity contribution in [2.75, 3.05) is 14.1 Å². The molecule has 0 unspecified atom stereocenters. The third-order valence-corrected chi connectivity index (χ3v) is 0.639. The number of hydrazine groups is 2. The molecule has 0 saturated heterocycles. The highest BCUT2D eigenvalue weighted by Crippen LogP contribution is 1.70. The standard InChI is InChI=1S/C3H9N3O2/c1-4-6(5-2)3(7)8/h4-5H,1-2H3,(H,7,8). The van der Waals surface area contributed by atoms with E-state index in [0.717, 1.165) is 5.12 Å². The molecule has 5 nitrogen and oxygen atoms in total. The van der Waals surface area contributed by atoms with Gasteiger partial charge in [-0.25, -0.2) is 15.6 Å². The SMILES string of the molecule is CNN(NC)C(=O)O. The van der Waals surface area contributed by atoms with Crippen molar-refractivity contribution in [3.63, 3.8) is 0 Å². The summed E-state index contributed by atoms with van der Waals surface area (Å²) in [7, 11) is 3.01. The maximum absolute atomic E-state index is 9.96. The van der Waals surface area contributed by atoms with Gasteiger partial charge < -0.3 is 5.11 Å². The molecule has 0 aromatic rings. The minimum atomic E-state index is -1.06. The van der Waals surface area contributed by atoms with Crippen LogP contribution in [0.5, 0.6) is 0 Å². The van der Waals surface area contributed by atoms with Crippen LogP contribution in [0.1, 0.15) is 0 Å². The molecule has 0 fully saturated rings. The molecule has 0 spiro atoms. The second-order valence-corrected chi connectivity index (χ2v) is 1.07. The zero-order valence-corrected chi connectivity index (χ0v) is 4.80. The molecule has 0 atom stereocenters. The Kier molecular flexibility index (Phi) is 2.90. The fourth-order valence-electron chi connectivity index (χ4n) is 0.303. The van der Waals surface area contributed by atoms with E-state index in [2.05, 4.69) is 10.9 Å². The number of nitrogens with zero attached hydrogens (tertiary/aromatic N) is 1. The van der Waals surface area contributed by atoms with Crippen LogP contribution in [0.3, 0.4) is 0 Å². The number of carboxylic acid groups (broad SMARTS) is 1. The molecular formula is C3H9N3O2. The van der Waals surface area contributed by atoms with Crippen LogP contribution in [0, 0.1) is 0 Å². The highest BCUT2D eigenvalue weighted by molar-refractivity contribution is 5.63. The monoisotopic (exact) mass is 119 g/mol. The summed E-state index contributed by atoms with van der Waals surface area (Å²) in [6, 6.07) is 0. The van der Waals surface area contributed by atoms with Gasteiger partial charge in [0.2, 0.25) is 0 Å². The minimum absolute atomic E-state index is 0.833. The van der Waals surface area contributed by atoms with Gasteiger partial charge in [-0.2, -0.15) is 5.12 Å². The Morgan fingerprint density at radius 3 is 1.88 bits per heavy atom. The molecule has 0 heterocycles. The number of rotatable bonds is 2. The van der Waals surface area contributed by atoms with E-state index < -0.39 is 6.09 Å². The zero-order chi connectivity index (χ0) is 6.57. The van der Waals surface area contributed by atoms with Crippen molar-refractivity contribution in [3.05, 3.63) is 0 Å². The van der Waals surface area contributed by atoms with Crippen molar-refractivity contribution >= 4 is 6.09 Å². The summed E-state index contributed by atoms with van der Waals surface area (Å²) < 4.78 is 0. The molecular weight excluding hydrogens is 110 g/mol. The number of hydrogen-bond donors (Lipinski definition) is 3. The van der Waals surface area contributed by atoms with E-state index in [4.69, 9.17) is 5.11 Å². The van der Waals surface area contributed by atoms with E-state index in [0.29, 0.717) is 0 Å². The first-order valence-electron chi connectivity index (χ1n) is 2.10. The molecule has 3 N–H and O–H groups in total. The summed E-state index contributed by atoms with van der Waals surface area (Å²) in [5.74, 6) is 0. The van der Waals surface area contributed by atoms with Crippen LogP contribution in [0.2, 0.25) is 0 Å². The van der Waals surface area contributed by atoms with Crippen LogP contribution in [0.4, 0.5) is 4.79 Å². The van der Waals surface area contributed by atoms with Gasteiger partial charge in [0.15, 0.2) is 0 Å². The highest BCUT2D eigenvalue weighted by Gasteiger charge is 2.02. The first-order chi connectivity index (χ1) is 3.72. The quantitative estimate of drug-likeness (QED) is 0.418. The minimum Gasteiger partial charge on any atom is -0.463 e. The van der Waals surface area contributed by atoms with Gasteiger partial charge in [0, 0.05) is 14.1 Å². The largest absolute Gasteiger partial charge is 0.463 e. The van der Waals surface area contributed by atoms with Gasteiger partial charge >= 0.3 is 6.09 Å². The summed E-state index contributed by atoms with van der Waals surface area (Å²) in [6.45, 7) is 0. The Morgan fingerprint density at radius 2 is 1.88 bits per heavy atom. The van der Waals surface area contributed by atoms with Gasteiger partial charge in [-0.05, 0) is 0 Å². The fourth-order valence-corrected chi connectivity index (χ4v) is 0.303. The molecule has 0 aromatic heterocycles. The summed E-state index contributed by atoms with van der Waals surface area (Å²) >= 11 is 0.